The number of hydrogen-bond donors (Lipinski definition) is 0. The summed E-state index contributed by atoms with van der Waals surface area (Å²) in [5.41, 5.74) is 20.3. The molecule has 0 unspecified atom stereocenters. The van der Waals surface area contributed by atoms with Crippen LogP contribution in [0.15, 0.2) is 280 Å². The summed E-state index contributed by atoms with van der Waals surface area (Å²) >= 11 is 0. The SMILES string of the molecule is C=C/C=C(\C=C)c1ccc(N(c2ccccc2)c2ccc(-c3ccc(-c4ccc(N(c5ccccc5)c5ccc(C(/C=C\C)=C/C)cc5)cc4-c4ccccc4)cc3)c(-c3ccccc3)c2)cc1.CC. The van der Waals surface area contributed by atoms with Crippen molar-refractivity contribution >= 4 is 45.3 Å². The van der Waals surface area contributed by atoms with E-state index in [-0.39, 0.29) is 0 Å². The quantitative estimate of drug-likeness (QED) is 0.0946. The minimum Gasteiger partial charge on any atom is -0.310 e. The fourth-order valence-corrected chi connectivity index (χ4v) is 8.99. The molecule has 9 rings (SSSR count). The van der Waals surface area contributed by atoms with Gasteiger partial charge >= 0.3 is 0 Å². The molecule has 0 atom stereocenters. The molecule has 0 aliphatic heterocycles. The normalized spacial score (nSPS) is 11.4. The van der Waals surface area contributed by atoms with Gasteiger partial charge in [-0.2, -0.15) is 0 Å². The van der Waals surface area contributed by atoms with Crippen LogP contribution >= 0.6 is 0 Å². The molecule has 2 nitrogen and oxygen atoms in total. The fraction of sp³-hybridized carbons (Fsp3) is 0.0588. The molecular weight excluding hydrogens is 845 g/mol. The number of allylic oxidation sites excluding steroid dienone is 8. The molecule has 0 saturated heterocycles. The van der Waals surface area contributed by atoms with Gasteiger partial charge in [-0.3, -0.25) is 0 Å². The molecule has 342 valence electrons. The molecule has 9 aromatic carbocycles. The Bertz CT molecular complexity index is 3220. The molecule has 9 aromatic rings. The number of hydrogen-bond acceptors (Lipinski definition) is 2. The molecule has 0 aliphatic carbocycles. The second kappa shape index (κ2) is 23.3. The van der Waals surface area contributed by atoms with Crippen molar-refractivity contribution in [3.05, 3.63) is 291 Å². The third-order valence-electron chi connectivity index (χ3n) is 12.3. The van der Waals surface area contributed by atoms with Gasteiger partial charge in [-0.05, 0) is 153 Å². The van der Waals surface area contributed by atoms with Crippen molar-refractivity contribution < 1.29 is 0 Å². The highest BCUT2D eigenvalue weighted by Gasteiger charge is 2.19. The predicted octanol–water partition coefficient (Wildman–Crippen LogP) is 20.1. The van der Waals surface area contributed by atoms with Crippen molar-refractivity contribution in [2.45, 2.75) is 27.7 Å². The van der Waals surface area contributed by atoms with Crippen LogP contribution in [0.5, 0.6) is 0 Å². The van der Waals surface area contributed by atoms with Gasteiger partial charge in [0.15, 0.2) is 0 Å². The van der Waals surface area contributed by atoms with Crippen molar-refractivity contribution in [2.75, 3.05) is 9.80 Å². The highest BCUT2D eigenvalue weighted by molar-refractivity contribution is 5.92. The first-order valence-corrected chi connectivity index (χ1v) is 24.2. The Balaban J connectivity index is 0.00000325. The molecule has 0 N–H and O–H groups in total. The molecule has 2 heteroatoms. The van der Waals surface area contributed by atoms with Gasteiger partial charge in [0, 0.05) is 34.1 Å². The molecule has 0 saturated carbocycles. The van der Waals surface area contributed by atoms with Gasteiger partial charge in [-0.1, -0.05) is 221 Å². The summed E-state index contributed by atoms with van der Waals surface area (Å²) in [6.07, 6.45) is 12.1. The van der Waals surface area contributed by atoms with E-state index in [1.165, 1.54) is 22.3 Å². The minimum atomic E-state index is 1.03. The van der Waals surface area contributed by atoms with E-state index in [9.17, 15) is 0 Å². The Morgan fingerprint density at radius 3 is 1.06 bits per heavy atom. The first-order valence-electron chi connectivity index (χ1n) is 24.2. The van der Waals surface area contributed by atoms with Crippen LogP contribution in [0.2, 0.25) is 0 Å². The highest BCUT2D eigenvalue weighted by Crippen LogP contribution is 2.44. The molecule has 0 bridgehead atoms. The second-order valence-corrected chi connectivity index (χ2v) is 16.5. The van der Waals surface area contributed by atoms with E-state index in [0.717, 1.165) is 78.6 Å². The molecule has 0 fully saturated rings. The third-order valence-corrected chi connectivity index (χ3v) is 12.3. The predicted molar refractivity (Wildman–Crippen MR) is 306 cm³/mol. The lowest BCUT2D eigenvalue weighted by Crippen LogP contribution is -2.10. The molecule has 0 amide bonds. The fourth-order valence-electron chi connectivity index (χ4n) is 8.99. The zero-order valence-corrected chi connectivity index (χ0v) is 40.7. The van der Waals surface area contributed by atoms with Gasteiger partial charge < -0.3 is 9.80 Å². The molecule has 0 spiro atoms. The average Bonchev–Trinajstić information content (AvgIpc) is 3.44. The van der Waals surface area contributed by atoms with Gasteiger partial charge in [0.25, 0.3) is 0 Å². The number of rotatable bonds is 15. The lowest BCUT2D eigenvalue weighted by molar-refractivity contribution is 1.28. The van der Waals surface area contributed by atoms with Crippen molar-refractivity contribution in [3.63, 3.8) is 0 Å². The first kappa shape index (κ1) is 47.8. The monoisotopic (exact) mass is 904 g/mol. The van der Waals surface area contributed by atoms with E-state index in [0.29, 0.717) is 0 Å². The van der Waals surface area contributed by atoms with Crippen LogP contribution in [0.3, 0.4) is 0 Å². The third kappa shape index (κ3) is 10.7. The summed E-state index contributed by atoms with van der Waals surface area (Å²) in [6.45, 7) is 16.1. The number of para-hydroxylation sites is 2. The smallest absolute Gasteiger partial charge is 0.0468 e. The largest absolute Gasteiger partial charge is 0.310 e. The Morgan fingerprint density at radius 2 is 0.700 bits per heavy atom. The van der Waals surface area contributed by atoms with Crippen LogP contribution in [-0.2, 0) is 0 Å². The Morgan fingerprint density at radius 1 is 0.357 bits per heavy atom. The lowest BCUT2D eigenvalue weighted by Gasteiger charge is -2.27. The van der Waals surface area contributed by atoms with Gasteiger partial charge in [-0.25, -0.2) is 0 Å². The van der Waals surface area contributed by atoms with Crippen LogP contribution in [0.4, 0.5) is 34.1 Å². The molecule has 0 heterocycles. The van der Waals surface area contributed by atoms with E-state index >= 15 is 0 Å². The molecule has 70 heavy (non-hydrogen) atoms. The van der Waals surface area contributed by atoms with E-state index in [1.54, 1.807) is 6.08 Å². The minimum absolute atomic E-state index is 1.03. The number of benzene rings is 9. The summed E-state index contributed by atoms with van der Waals surface area (Å²) in [7, 11) is 0. The number of anilines is 6. The van der Waals surface area contributed by atoms with Crippen LogP contribution in [0, 0.1) is 0 Å². The Kier molecular flexibility index (Phi) is 15.9. The maximum absolute atomic E-state index is 4.03. The zero-order chi connectivity index (χ0) is 48.7. The van der Waals surface area contributed by atoms with Crippen molar-refractivity contribution in [2.24, 2.45) is 0 Å². The van der Waals surface area contributed by atoms with Crippen LogP contribution in [0.1, 0.15) is 38.8 Å². The molecule has 0 aliphatic rings. The molecule has 0 radical (unpaired) electrons. The standard InChI is InChI=1S/C66H54N2.C2H6/c1-5-21-49(7-3)51-35-39-59(40-36-51)67(57-27-17-11-18-28-57)61-43-45-63(65(47-61)53-23-13-9-14-24-53)55-31-33-56(34-32-55)64-46-44-62(48-66(64)54-25-15-10-16-26-54)68(58-29-19-12-20-30-58)60-41-37-52(38-42-60)50(8-4)22-6-2;1-2/h5-48H,1,3H2,2,4H3;1-2H3/b22-6-,49-21+,50-8+;. The first-order chi connectivity index (χ1) is 34.6. The summed E-state index contributed by atoms with van der Waals surface area (Å²) in [5, 5.41) is 0. The number of nitrogens with zero attached hydrogens (tertiary/aromatic N) is 2. The van der Waals surface area contributed by atoms with E-state index in [2.05, 4.69) is 286 Å². The lowest BCUT2D eigenvalue weighted by atomic mass is 9.90. The topological polar surface area (TPSA) is 6.48 Å². The second-order valence-electron chi connectivity index (χ2n) is 16.5. The zero-order valence-electron chi connectivity index (χ0n) is 40.7. The van der Waals surface area contributed by atoms with E-state index in [4.69, 9.17) is 0 Å². The van der Waals surface area contributed by atoms with Crippen molar-refractivity contribution in [1.82, 2.24) is 0 Å². The summed E-state index contributed by atoms with van der Waals surface area (Å²) < 4.78 is 0. The summed E-state index contributed by atoms with van der Waals surface area (Å²) in [4.78, 5) is 4.67. The van der Waals surface area contributed by atoms with Crippen LogP contribution < -0.4 is 9.80 Å². The van der Waals surface area contributed by atoms with E-state index in [1.807, 2.05) is 26.0 Å². The van der Waals surface area contributed by atoms with Gasteiger partial charge in [0.2, 0.25) is 0 Å². The maximum atomic E-state index is 4.03. The highest BCUT2D eigenvalue weighted by atomic mass is 15.1. The van der Waals surface area contributed by atoms with Crippen molar-refractivity contribution in [1.29, 1.82) is 0 Å². The van der Waals surface area contributed by atoms with Gasteiger partial charge in [0.05, 0.1) is 0 Å². The van der Waals surface area contributed by atoms with E-state index < -0.39 is 0 Å². The maximum Gasteiger partial charge on any atom is 0.0468 e. The van der Waals surface area contributed by atoms with Gasteiger partial charge in [0.1, 0.15) is 0 Å². The Labute approximate surface area is 416 Å². The van der Waals surface area contributed by atoms with Gasteiger partial charge in [-0.15, -0.1) is 0 Å². The molecular formula is C68H60N2. The van der Waals surface area contributed by atoms with Crippen LogP contribution in [0.25, 0.3) is 55.7 Å². The average molecular weight is 905 g/mol. The Hall–Kier alpha value is -8.72. The summed E-state index contributed by atoms with van der Waals surface area (Å²) in [6, 6.07) is 83.0. The van der Waals surface area contributed by atoms with Crippen molar-refractivity contribution in [3.8, 4) is 44.5 Å². The summed E-state index contributed by atoms with van der Waals surface area (Å²) in [5.74, 6) is 0. The van der Waals surface area contributed by atoms with Crippen LogP contribution in [-0.4, -0.2) is 0 Å². The molecule has 0 aromatic heterocycles.